The van der Waals surface area contributed by atoms with Crippen molar-refractivity contribution < 1.29 is 13.2 Å². The molecule has 1 atom stereocenters. The molecule has 1 unspecified atom stereocenters. The van der Waals surface area contributed by atoms with Gasteiger partial charge in [-0.3, -0.25) is 4.79 Å². The van der Waals surface area contributed by atoms with E-state index in [0.717, 1.165) is 17.7 Å². The molecule has 0 aliphatic heterocycles. The Labute approximate surface area is 170 Å². The molecule has 0 bridgehead atoms. The van der Waals surface area contributed by atoms with E-state index in [4.69, 9.17) is 5.73 Å². The second kappa shape index (κ2) is 9.66. The first-order valence-electron chi connectivity index (χ1n) is 8.62. The fourth-order valence-corrected chi connectivity index (χ4v) is 4.49. The van der Waals surface area contributed by atoms with Crippen molar-refractivity contribution in [3.05, 3.63) is 52.2 Å². The van der Waals surface area contributed by atoms with Crippen LogP contribution in [0.25, 0.3) is 0 Å². The highest BCUT2D eigenvalue weighted by Gasteiger charge is 2.31. The van der Waals surface area contributed by atoms with E-state index in [1.165, 1.54) is 24.3 Å². The number of benzene rings is 1. The molecule has 0 spiro atoms. The molecule has 0 radical (unpaired) electrons. The highest BCUT2D eigenvalue weighted by Crippen LogP contribution is 2.32. The molecule has 1 saturated carbocycles. The minimum absolute atomic E-state index is 0. The van der Waals surface area contributed by atoms with Gasteiger partial charge in [-0.05, 0) is 60.9 Å². The van der Waals surface area contributed by atoms with Crippen LogP contribution in [0.5, 0.6) is 0 Å². The first-order valence-corrected chi connectivity index (χ1v) is 11.0. The van der Waals surface area contributed by atoms with Gasteiger partial charge in [-0.15, -0.1) is 23.7 Å². The number of halogens is 1. The lowest BCUT2D eigenvalue weighted by atomic mass is 10.1. The van der Waals surface area contributed by atoms with Crippen LogP contribution in [0, 0.1) is 5.92 Å². The van der Waals surface area contributed by atoms with E-state index >= 15 is 0 Å². The average Bonchev–Trinajstić information content (AvgIpc) is 3.35. The summed E-state index contributed by atoms with van der Waals surface area (Å²) < 4.78 is 27.3. The lowest BCUT2D eigenvalue weighted by Crippen LogP contribution is -2.41. The number of hydrogen-bond donors (Lipinski definition) is 3. The molecule has 4 N–H and O–H groups in total. The van der Waals surface area contributed by atoms with Gasteiger partial charge in [0.1, 0.15) is 0 Å². The zero-order chi connectivity index (χ0) is 18.6. The molecule has 1 heterocycles. The zero-order valence-electron chi connectivity index (χ0n) is 14.8. The van der Waals surface area contributed by atoms with E-state index in [2.05, 4.69) is 10.0 Å². The van der Waals surface area contributed by atoms with Gasteiger partial charge in [0.05, 0.1) is 4.90 Å². The number of hydrogen-bond acceptors (Lipinski definition) is 5. The largest absolute Gasteiger partial charge is 0.348 e. The van der Waals surface area contributed by atoms with Crippen molar-refractivity contribution in [2.75, 3.05) is 13.1 Å². The predicted molar refractivity (Wildman–Crippen MR) is 110 cm³/mol. The molecule has 1 aliphatic carbocycles. The third-order valence-corrected chi connectivity index (χ3v) is 6.84. The summed E-state index contributed by atoms with van der Waals surface area (Å²) in [6.07, 6.45) is 2.84. The van der Waals surface area contributed by atoms with Gasteiger partial charge in [0.15, 0.2) is 0 Å². The predicted octanol–water partition coefficient (Wildman–Crippen LogP) is 2.16. The number of nitrogens with two attached hydrogens (primary N) is 1. The van der Waals surface area contributed by atoms with Crippen LogP contribution in [-0.2, 0) is 16.4 Å². The van der Waals surface area contributed by atoms with E-state index in [-0.39, 0.29) is 29.3 Å². The molecule has 9 heteroatoms. The highest BCUT2D eigenvalue weighted by atomic mass is 35.5. The van der Waals surface area contributed by atoms with Gasteiger partial charge >= 0.3 is 0 Å². The number of carbonyl (C=O) groups is 1. The Bertz CT molecular complexity index is 835. The maximum absolute atomic E-state index is 12.3. The average molecular weight is 430 g/mol. The molecular formula is C18H24ClN3O3S2. The molecule has 1 aliphatic rings. The summed E-state index contributed by atoms with van der Waals surface area (Å²) >= 11 is 1.60. The fourth-order valence-electron chi connectivity index (χ4n) is 2.75. The van der Waals surface area contributed by atoms with E-state index in [9.17, 15) is 13.2 Å². The van der Waals surface area contributed by atoms with Gasteiger partial charge < -0.3 is 11.1 Å². The van der Waals surface area contributed by atoms with Crippen LogP contribution in [0.4, 0.5) is 0 Å². The molecule has 6 nitrogen and oxygen atoms in total. The topological polar surface area (TPSA) is 101 Å². The van der Waals surface area contributed by atoms with Crippen molar-refractivity contribution in [1.82, 2.24) is 10.0 Å². The summed E-state index contributed by atoms with van der Waals surface area (Å²) in [5.41, 5.74) is 6.13. The lowest BCUT2D eigenvalue weighted by molar-refractivity contribution is 0.0933. The molecule has 148 valence electrons. The summed E-state index contributed by atoms with van der Waals surface area (Å²) in [7, 11) is -3.58. The monoisotopic (exact) mass is 429 g/mol. The summed E-state index contributed by atoms with van der Waals surface area (Å²) in [5.74, 6) is 0.248. The number of rotatable bonds is 9. The fraction of sp³-hybridized carbons (Fsp3) is 0.389. The van der Waals surface area contributed by atoms with Crippen LogP contribution in [-0.4, -0.2) is 33.5 Å². The molecule has 2 aromatic rings. The van der Waals surface area contributed by atoms with Crippen molar-refractivity contribution >= 4 is 39.7 Å². The van der Waals surface area contributed by atoms with Gasteiger partial charge in [0, 0.05) is 29.6 Å². The van der Waals surface area contributed by atoms with E-state index in [1.54, 1.807) is 11.3 Å². The third-order valence-electron chi connectivity index (χ3n) is 4.43. The van der Waals surface area contributed by atoms with Crippen molar-refractivity contribution in [3.63, 3.8) is 0 Å². The van der Waals surface area contributed by atoms with Crippen LogP contribution < -0.4 is 15.8 Å². The Hall–Kier alpha value is -1.45. The maximum Gasteiger partial charge on any atom is 0.251 e. The van der Waals surface area contributed by atoms with Crippen LogP contribution in [0.1, 0.15) is 28.1 Å². The highest BCUT2D eigenvalue weighted by molar-refractivity contribution is 7.89. The molecule has 1 aromatic heterocycles. The number of nitrogens with one attached hydrogen (secondary N) is 2. The third kappa shape index (κ3) is 6.02. The standard InChI is InChI=1S/C18H23N3O3S2.ClH/c19-12-17(13-3-4-13)21-18(22)14-5-7-16(8-6-14)26(23,24)20-10-9-15-2-1-11-25-15;/h1-2,5-8,11,13,17,20H,3-4,9-10,12,19H2,(H,21,22);1H. The molecule has 1 aromatic carbocycles. The molecule has 27 heavy (non-hydrogen) atoms. The minimum atomic E-state index is -3.58. The van der Waals surface area contributed by atoms with Gasteiger partial charge in [-0.2, -0.15) is 0 Å². The quantitative estimate of drug-likeness (QED) is 0.568. The van der Waals surface area contributed by atoms with E-state index in [0.29, 0.717) is 31.0 Å². The van der Waals surface area contributed by atoms with Gasteiger partial charge in [0.25, 0.3) is 5.91 Å². The van der Waals surface area contributed by atoms with Crippen LogP contribution in [0.15, 0.2) is 46.7 Å². The first kappa shape index (κ1) is 21.8. The normalized spacial score (nSPS) is 15.0. The second-order valence-electron chi connectivity index (χ2n) is 6.40. The Morgan fingerprint density at radius 3 is 2.48 bits per heavy atom. The molecule has 0 saturated heterocycles. The lowest BCUT2D eigenvalue weighted by Gasteiger charge is -2.16. The molecule has 3 rings (SSSR count). The van der Waals surface area contributed by atoms with Crippen LogP contribution in [0.3, 0.4) is 0 Å². The Balaban J connectivity index is 0.00000261. The Kier molecular flexibility index (Phi) is 7.81. The SMILES string of the molecule is Cl.NCC(NC(=O)c1ccc(S(=O)(=O)NCCc2cccs2)cc1)C1CC1. The Morgan fingerprint density at radius 1 is 1.22 bits per heavy atom. The van der Waals surface area contributed by atoms with E-state index < -0.39 is 10.0 Å². The maximum atomic E-state index is 12.3. The Morgan fingerprint density at radius 2 is 1.93 bits per heavy atom. The smallest absolute Gasteiger partial charge is 0.251 e. The zero-order valence-corrected chi connectivity index (χ0v) is 17.2. The minimum Gasteiger partial charge on any atom is -0.348 e. The van der Waals surface area contributed by atoms with Crippen LogP contribution >= 0.6 is 23.7 Å². The van der Waals surface area contributed by atoms with Crippen molar-refractivity contribution in [2.24, 2.45) is 11.7 Å². The molecule has 1 fully saturated rings. The summed E-state index contributed by atoms with van der Waals surface area (Å²) in [6, 6.07) is 9.88. The van der Waals surface area contributed by atoms with Crippen molar-refractivity contribution in [2.45, 2.75) is 30.2 Å². The van der Waals surface area contributed by atoms with Gasteiger partial charge in [0.2, 0.25) is 10.0 Å². The summed E-state index contributed by atoms with van der Waals surface area (Å²) in [4.78, 5) is 13.6. The van der Waals surface area contributed by atoms with Gasteiger partial charge in [-0.1, -0.05) is 6.07 Å². The van der Waals surface area contributed by atoms with Gasteiger partial charge in [-0.25, -0.2) is 13.1 Å². The summed E-state index contributed by atoms with van der Waals surface area (Å²) in [5, 5.41) is 4.89. The number of amides is 1. The number of carbonyl (C=O) groups excluding carboxylic acids is 1. The number of thiophene rings is 1. The second-order valence-corrected chi connectivity index (χ2v) is 9.20. The van der Waals surface area contributed by atoms with Crippen LogP contribution in [0.2, 0.25) is 0 Å². The molecular weight excluding hydrogens is 406 g/mol. The van der Waals surface area contributed by atoms with Crippen molar-refractivity contribution in [1.29, 1.82) is 0 Å². The molecule has 1 amide bonds. The van der Waals surface area contributed by atoms with E-state index in [1.807, 2.05) is 17.5 Å². The number of sulfonamides is 1. The van der Waals surface area contributed by atoms with Crippen molar-refractivity contribution in [3.8, 4) is 0 Å². The summed E-state index contributed by atoms with van der Waals surface area (Å²) in [6.45, 7) is 0.752. The first-order chi connectivity index (χ1) is 12.5.